The van der Waals surface area contributed by atoms with Crippen molar-refractivity contribution in [2.45, 2.75) is 37.8 Å². The molecule has 5 nitrogen and oxygen atoms in total. The van der Waals surface area contributed by atoms with Crippen LogP contribution in [-0.4, -0.2) is 62.8 Å². The largest absolute Gasteiger partial charge is 0.378 e. The van der Waals surface area contributed by atoms with Crippen LogP contribution in [0.15, 0.2) is 0 Å². The molecule has 2 saturated heterocycles. The number of amides is 1. The minimum Gasteiger partial charge on any atom is -0.378 e. The van der Waals surface area contributed by atoms with Gasteiger partial charge in [0, 0.05) is 31.6 Å². The first-order chi connectivity index (χ1) is 8.75. The molecule has 1 amide bonds. The molecule has 2 aliphatic rings. The Morgan fingerprint density at radius 2 is 2.39 bits per heavy atom. The van der Waals surface area contributed by atoms with Crippen LogP contribution in [0.3, 0.4) is 0 Å². The van der Waals surface area contributed by atoms with E-state index in [9.17, 15) is 4.79 Å². The summed E-state index contributed by atoms with van der Waals surface area (Å²) in [6, 6.07) is 0.695. The lowest BCUT2D eigenvalue weighted by Crippen LogP contribution is -2.47. The third-order valence-corrected chi connectivity index (χ3v) is 3.89. The van der Waals surface area contributed by atoms with E-state index in [0.717, 1.165) is 26.2 Å². The molecule has 2 rings (SSSR count). The molecule has 5 heteroatoms. The third-order valence-electron chi connectivity index (χ3n) is 3.89. The zero-order valence-electron chi connectivity index (χ0n) is 11.3. The van der Waals surface area contributed by atoms with Crippen molar-refractivity contribution in [2.24, 2.45) is 0 Å². The van der Waals surface area contributed by atoms with Gasteiger partial charge >= 0.3 is 0 Å². The smallest absolute Gasteiger partial charge is 0.221 e. The average Bonchev–Trinajstić information content (AvgIpc) is 2.39. The predicted octanol–water partition coefficient (Wildman–Crippen LogP) is -0.0346. The van der Waals surface area contributed by atoms with E-state index in [4.69, 9.17) is 4.74 Å². The molecular weight excluding hydrogens is 230 g/mol. The number of hydrogen-bond donors (Lipinski definition) is 2. The number of likely N-dealkylation sites (N-methyl/N-ethyl adjacent to an activating group) is 1. The number of carbonyl (C=O) groups is 1. The Balaban J connectivity index is 1.64. The second-order valence-electron chi connectivity index (χ2n) is 5.36. The Labute approximate surface area is 109 Å². The van der Waals surface area contributed by atoms with Crippen LogP contribution in [0.5, 0.6) is 0 Å². The normalized spacial score (nSPS) is 30.1. The second kappa shape index (κ2) is 7.07. The van der Waals surface area contributed by atoms with Gasteiger partial charge in [-0.3, -0.25) is 4.79 Å². The number of morpholine rings is 1. The van der Waals surface area contributed by atoms with Crippen LogP contribution in [0, 0.1) is 0 Å². The van der Waals surface area contributed by atoms with Gasteiger partial charge < -0.3 is 20.3 Å². The fraction of sp³-hybridized carbons (Fsp3) is 0.923. The van der Waals surface area contributed by atoms with E-state index in [1.807, 2.05) is 0 Å². The number of hydrogen-bond acceptors (Lipinski definition) is 4. The Morgan fingerprint density at radius 1 is 1.50 bits per heavy atom. The highest BCUT2D eigenvalue weighted by Crippen LogP contribution is 2.14. The third kappa shape index (κ3) is 4.23. The lowest BCUT2D eigenvalue weighted by molar-refractivity contribution is -0.122. The van der Waals surface area contributed by atoms with Gasteiger partial charge in [-0.1, -0.05) is 6.42 Å². The summed E-state index contributed by atoms with van der Waals surface area (Å²) in [4.78, 5) is 14.2. The fourth-order valence-corrected chi connectivity index (χ4v) is 2.68. The van der Waals surface area contributed by atoms with Crippen LogP contribution in [-0.2, 0) is 9.53 Å². The van der Waals surface area contributed by atoms with Crippen molar-refractivity contribution >= 4 is 5.91 Å². The monoisotopic (exact) mass is 255 g/mol. The standard InChI is InChI=1S/C13H25N3O2/c1-16-6-3-2-4-12(16)9-15-13(17)8-11-10-18-7-5-14-11/h11-12,14H,2-10H2,1H3,(H,15,17). The SMILES string of the molecule is CN1CCCCC1CNC(=O)CC1COCCN1. The summed E-state index contributed by atoms with van der Waals surface area (Å²) in [5.74, 6) is 0.136. The number of nitrogens with one attached hydrogen (secondary N) is 2. The van der Waals surface area contributed by atoms with Crippen molar-refractivity contribution in [3.05, 3.63) is 0 Å². The Hall–Kier alpha value is -0.650. The molecule has 2 heterocycles. The number of likely N-dealkylation sites (tertiary alicyclic amines) is 1. The molecule has 2 fully saturated rings. The highest BCUT2D eigenvalue weighted by molar-refractivity contribution is 5.76. The topological polar surface area (TPSA) is 53.6 Å². The maximum absolute atomic E-state index is 11.8. The molecule has 0 saturated carbocycles. The van der Waals surface area contributed by atoms with E-state index in [-0.39, 0.29) is 11.9 Å². The molecule has 0 radical (unpaired) electrons. The Kier molecular flexibility index (Phi) is 5.41. The van der Waals surface area contributed by atoms with E-state index in [1.54, 1.807) is 0 Å². The van der Waals surface area contributed by atoms with Crippen molar-refractivity contribution in [3.8, 4) is 0 Å². The summed E-state index contributed by atoms with van der Waals surface area (Å²) in [7, 11) is 2.15. The van der Waals surface area contributed by atoms with Crippen LogP contribution in [0.4, 0.5) is 0 Å². The van der Waals surface area contributed by atoms with Crippen molar-refractivity contribution in [2.75, 3.05) is 39.9 Å². The van der Waals surface area contributed by atoms with E-state index in [1.165, 1.54) is 19.3 Å². The molecule has 0 bridgehead atoms. The first-order valence-electron chi connectivity index (χ1n) is 7.04. The molecule has 2 atom stereocenters. The minimum atomic E-state index is 0.136. The summed E-state index contributed by atoms with van der Waals surface area (Å²) in [6.07, 6.45) is 4.28. The quantitative estimate of drug-likeness (QED) is 0.740. The van der Waals surface area contributed by atoms with Gasteiger partial charge in [-0.2, -0.15) is 0 Å². The Bertz CT molecular complexity index is 267. The molecule has 2 unspecified atom stereocenters. The highest BCUT2D eigenvalue weighted by Gasteiger charge is 2.21. The van der Waals surface area contributed by atoms with Crippen LogP contribution in [0.25, 0.3) is 0 Å². The maximum Gasteiger partial charge on any atom is 0.221 e. The number of piperidine rings is 1. The summed E-state index contributed by atoms with van der Waals surface area (Å²) in [5.41, 5.74) is 0. The lowest BCUT2D eigenvalue weighted by atomic mass is 10.0. The molecule has 2 N–H and O–H groups in total. The van der Waals surface area contributed by atoms with E-state index in [0.29, 0.717) is 19.1 Å². The van der Waals surface area contributed by atoms with Crippen molar-refractivity contribution in [1.82, 2.24) is 15.5 Å². The van der Waals surface area contributed by atoms with Gasteiger partial charge in [0.15, 0.2) is 0 Å². The van der Waals surface area contributed by atoms with Gasteiger partial charge in [0.1, 0.15) is 0 Å². The van der Waals surface area contributed by atoms with Gasteiger partial charge in [0.25, 0.3) is 0 Å². The molecule has 0 aromatic rings. The average molecular weight is 255 g/mol. The van der Waals surface area contributed by atoms with Crippen LogP contribution in [0.1, 0.15) is 25.7 Å². The maximum atomic E-state index is 11.8. The van der Waals surface area contributed by atoms with Gasteiger partial charge in [0.05, 0.1) is 13.2 Å². The first-order valence-corrected chi connectivity index (χ1v) is 7.04. The molecule has 18 heavy (non-hydrogen) atoms. The van der Waals surface area contributed by atoms with Gasteiger partial charge in [-0.15, -0.1) is 0 Å². The number of ether oxygens (including phenoxy) is 1. The van der Waals surface area contributed by atoms with Gasteiger partial charge in [-0.25, -0.2) is 0 Å². The highest BCUT2D eigenvalue weighted by atomic mass is 16.5. The van der Waals surface area contributed by atoms with Crippen LogP contribution in [0.2, 0.25) is 0 Å². The summed E-state index contributed by atoms with van der Waals surface area (Å²) in [6.45, 7) is 4.19. The second-order valence-corrected chi connectivity index (χ2v) is 5.36. The summed E-state index contributed by atoms with van der Waals surface area (Å²) >= 11 is 0. The van der Waals surface area contributed by atoms with E-state index < -0.39 is 0 Å². The molecule has 0 aromatic carbocycles. The summed E-state index contributed by atoms with van der Waals surface area (Å²) in [5, 5.41) is 6.35. The molecule has 0 aromatic heterocycles. The van der Waals surface area contributed by atoms with Crippen LogP contribution < -0.4 is 10.6 Å². The first kappa shape index (κ1) is 13.8. The van der Waals surface area contributed by atoms with Crippen molar-refractivity contribution < 1.29 is 9.53 Å². The van der Waals surface area contributed by atoms with Gasteiger partial charge in [-0.05, 0) is 26.4 Å². The predicted molar refractivity (Wildman–Crippen MR) is 70.5 cm³/mol. The molecular formula is C13H25N3O2. The lowest BCUT2D eigenvalue weighted by Gasteiger charge is -2.32. The van der Waals surface area contributed by atoms with Gasteiger partial charge in [0.2, 0.25) is 5.91 Å². The molecule has 0 aliphatic carbocycles. The van der Waals surface area contributed by atoms with E-state index in [2.05, 4.69) is 22.6 Å². The Morgan fingerprint density at radius 3 is 3.11 bits per heavy atom. The minimum absolute atomic E-state index is 0.136. The van der Waals surface area contributed by atoms with Crippen LogP contribution >= 0.6 is 0 Å². The van der Waals surface area contributed by atoms with E-state index >= 15 is 0 Å². The zero-order chi connectivity index (χ0) is 12.8. The summed E-state index contributed by atoms with van der Waals surface area (Å²) < 4.78 is 5.34. The molecule has 104 valence electrons. The van der Waals surface area contributed by atoms with Crippen molar-refractivity contribution in [3.63, 3.8) is 0 Å². The molecule has 2 aliphatic heterocycles. The fourth-order valence-electron chi connectivity index (χ4n) is 2.68. The van der Waals surface area contributed by atoms with Crippen molar-refractivity contribution in [1.29, 1.82) is 0 Å². The number of rotatable bonds is 4. The zero-order valence-corrected chi connectivity index (χ0v) is 11.3. The molecule has 0 spiro atoms. The number of carbonyl (C=O) groups excluding carboxylic acids is 1. The number of nitrogens with zero attached hydrogens (tertiary/aromatic N) is 1.